The van der Waals surface area contributed by atoms with Gasteiger partial charge in [-0.1, -0.05) is 22.7 Å². The maximum Gasteiger partial charge on any atom is 0.189 e. The first-order valence-electron chi connectivity index (χ1n) is 10.0. The highest BCUT2D eigenvalue weighted by Gasteiger charge is 2.25. The van der Waals surface area contributed by atoms with Crippen LogP contribution in [-0.4, -0.2) is 67.9 Å². The van der Waals surface area contributed by atoms with Crippen molar-refractivity contribution in [2.24, 2.45) is 0 Å². The first-order chi connectivity index (χ1) is 14.6. The van der Waals surface area contributed by atoms with Gasteiger partial charge in [0, 0.05) is 36.1 Å². The molecule has 4 aromatic heterocycles. The molecule has 5 heterocycles. The van der Waals surface area contributed by atoms with Gasteiger partial charge in [-0.15, -0.1) is 0 Å². The van der Waals surface area contributed by atoms with Crippen molar-refractivity contribution in [3.05, 3.63) is 24.7 Å². The van der Waals surface area contributed by atoms with Gasteiger partial charge in [0.05, 0.1) is 6.20 Å². The van der Waals surface area contributed by atoms with Crippen LogP contribution in [0.15, 0.2) is 24.7 Å². The molecule has 0 spiro atoms. The van der Waals surface area contributed by atoms with Crippen LogP contribution in [0, 0.1) is 0 Å². The zero-order valence-corrected chi connectivity index (χ0v) is 18.5. The SMILES string of the molecule is CCN(c1nc2sc(-c3ncc(-c4cn[nH]c4)cc3O)nc2s1)C1CCN(C)CC1. The number of fused-ring (bicyclic) bond motifs is 1. The number of aromatic hydroxyl groups is 1. The number of likely N-dealkylation sites (tertiary alicyclic amines) is 1. The van der Waals surface area contributed by atoms with Crippen molar-refractivity contribution < 1.29 is 5.11 Å². The molecule has 0 unspecified atom stereocenters. The van der Waals surface area contributed by atoms with Crippen LogP contribution in [0.3, 0.4) is 0 Å². The molecule has 1 aliphatic heterocycles. The minimum absolute atomic E-state index is 0.108. The predicted molar refractivity (Wildman–Crippen MR) is 121 cm³/mol. The number of aromatic amines is 1. The summed E-state index contributed by atoms with van der Waals surface area (Å²) in [6.45, 7) is 5.39. The molecular formula is C20H23N7OS2. The Balaban J connectivity index is 1.41. The van der Waals surface area contributed by atoms with Crippen LogP contribution < -0.4 is 4.90 Å². The second-order valence-electron chi connectivity index (χ2n) is 7.52. The third-order valence-corrected chi connectivity index (χ3v) is 7.65. The van der Waals surface area contributed by atoms with E-state index in [4.69, 9.17) is 9.97 Å². The Hall–Kier alpha value is -2.56. The highest BCUT2D eigenvalue weighted by Crippen LogP contribution is 2.39. The summed E-state index contributed by atoms with van der Waals surface area (Å²) in [6, 6.07) is 2.23. The van der Waals surface area contributed by atoms with Gasteiger partial charge in [-0.05, 0) is 46.0 Å². The quantitative estimate of drug-likeness (QED) is 0.486. The fraction of sp³-hybridized carbons (Fsp3) is 0.400. The summed E-state index contributed by atoms with van der Waals surface area (Å²) in [5.74, 6) is 0.108. The molecule has 2 N–H and O–H groups in total. The molecule has 8 nitrogen and oxygen atoms in total. The second kappa shape index (κ2) is 7.93. The minimum Gasteiger partial charge on any atom is -0.506 e. The molecule has 0 bridgehead atoms. The molecule has 0 aromatic carbocycles. The van der Waals surface area contributed by atoms with Crippen LogP contribution in [0.5, 0.6) is 5.75 Å². The molecule has 0 radical (unpaired) electrons. The van der Waals surface area contributed by atoms with Gasteiger partial charge in [-0.2, -0.15) is 5.10 Å². The summed E-state index contributed by atoms with van der Waals surface area (Å²) in [4.78, 5) is 20.7. The van der Waals surface area contributed by atoms with Crippen LogP contribution in [0.4, 0.5) is 5.13 Å². The Bertz CT molecular complexity index is 1110. The van der Waals surface area contributed by atoms with E-state index in [0.29, 0.717) is 16.7 Å². The highest BCUT2D eigenvalue weighted by molar-refractivity contribution is 7.29. The standard InChI is InChI=1S/C20H23N7OS2/c1-3-27(14-4-6-26(2)7-5-14)20-25-19-18(30-20)24-17(29-19)16-15(28)8-12(9-21-16)13-10-22-23-11-13/h8-11,14,28H,3-7H2,1-2H3,(H,22,23). The molecule has 0 aliphatic carbocycles. The van der Waals surface area contributed by atoms with Crippen LogP contribution >= 0.6 is 22.7 Å². The van der Waals surface area contributed by atoms with Gasteiger partial charge in [0.1, 0.15) is 16.5 Å². The van der Waals surface area contributed by atoms with E-state index in [2.05, 4.69) is 39.0 Å². The van der Waals surface area contributed by atoms with Crippen molar-refractivity contribution in [2.75, 3.05) is 31.6 Å². The summed E-state index contributed by atoms with van der Waals surface area (Å²) in [7, 11) is 2.18. The number of rotatable bonds is 5. The zero-order chi connectivity index (χ0) is 20.7. The zero-order valence-electron chi connectivity index (χ0n) is 16.9. The first-order valence-corrected chi connectivity index (χ1v) is 11.7. The Kier molecular flexibility index (Phi) is 5.13. The molecule has 10 heteroatoms. The van der Waals surface area contributed by atoms with Crippen molar-refractivity contribution in [1.82, 2.24) is 30.0 Å². The molecule has 1 saturated heterocycles. The maximum absolute atomic E-state index is 10.5. The normalized spacial score (nSPS) is 15.8. The number of nitrogens with zero attached hydrogens (tertiary/aromatic N) is 6. The van der Waals surface area contributed by atoms with E-state index in [1.165, 1.54) is 11.3 Å². The van der Waals surface area contributed by atoms with Gasteiger partial charge in [0.15, 0.2) is 14.8 Å². The molecule has 30 heavy (non-hydrogen) atoms. The third kappa shape index (κ3) is 3.55. The monoisotopic (exact) mass is 441 g/mol. The van der Waals surface area contributed by atoms with Crippen LogP contribution in [0.2, 0.25) is 0 Å². The van der Waals surface area contributed by atoms with Gasteiger partial charge in [0.2, 0.25) is 0 Å². The number of anilines is 1. The smallest absolute Gasteiger partial charge is 0.189 e. The van der Waals surface area contributed by atoms with Crippen molar-refractivity contribution in [2.45, 2.75) is 25.8 Å². The third-order valence-electron chi connectivity index (χ3n) is 5.58. The van der Waals surface area contributed by atoms with Crippen molar-refractivity contribution >= 4 is 37.5 Å². The van der Waals surface area contributed by atoms with Crippen LogP contribution in [-0.2, 0) is 0 Å². The second-order valence-corrected chi connectivity index (χ2v) is 9.46. The molecule has 0 atom stereocenters. The molecule has 156 valence electrons. The fourth-order valence-corrected chi connectivity index (χ4v) is 6.08. The topological polar surface area (TPSA) is 94.1 Å². The number of aromatic nitrogens is 5. The summed E-state index contributed by atoms with van der Waals surface area (Å²) in [5.41, 5.74) is 2.17. The number of piperidine rings is 1. The van der Waals surface area contributed by atoms with E-state index >= 15 is 0 Å². The largest absolute Gasteiger partial charge is 0.506 e. The molecule has 5 rings (SSSR count). The number of hydrogen-bond acceptors (Lipinski definition) is 9. The predicted octanol–water partition coefficient (Wildman–Crippen LogP) is 3.83. The highest BCUT2D eigenvalue weighted by atomic mass is 32.1. The van der Waals surface area contributed by atoms with E-state index in [-0.39, 0.29) is 5.75 Å². The van der Waals surface area contributed by atoms with Gasteiger partial charge in [-0.25, -0.2) is 15.0 Å². The number of pyridine rings is 1. The Morgan fingerprint density at radius 2 is 1.97 bits per heavy atom. The Labute approximate surface area is 182 Å². The summed E-state index contributed by atoms with van der Waals surface area (Å²) in [5, 5.41) is 19.0. The van der Waals surface area contributed by atoms with Crippen molar-refractivity contribution in [3.63, 3.8) is 0 Å². The lowest BCUT2D eigenvalue weighted by molar-refractivity contribution is 0.250. The lowest BCUT2D eigenvalue weighted by atomic mass is 10.0. The van der Waals surface area contributed by atoms with Crippen molar-refractivity contribution in [1.29, 1.82) is 0 Å². The number of H-pyrrole nitrogens is 1. The lowest BCUT2D eigenvalue weighted by Gasteiger charge is -2.36. The maximum atomic E-state index is 10.5. The molecule has 4 aromatic rings. The Morgan fingerprint density at radius 3 is 2.63 bits per heavy atom. The van der Waals surface area contributed by atoms with E-state index in [1.54, 1.807) is 36.0 Å². The van der Waals surface area contributed by atoms with Gasteiger partial charge >= 0.3 is 0 Å². The summed E-state index contributed by atoms with van der Waals surface area (Å²) < 4.78 is 0. The van der Waals surface area contributed by atoms with Gasteiger partial charge in [0.25, 0.3) is 0 Å². The number of nitrogens with one attached hydrogen (secondary N) is 1. The lowest BCUT2D eigenvalue weighted by Crippen LogP contribution is -2.43. The van der Waals surface area contributed by atoms with Crippen molar-refractivity contribution in [3.8, 4) is 27.6 Å². The number of hydrogen-bond donors (Lipinski definition) is 2. The van der Waals surface area contributed by atoms with E-state index in [9.17, 15) is 5.11 Å². The van der Waals surface area contributed by atoms with E-state index in [1.807, 2.05) is 0 Å². The first kappa shape index (κ1) is 19.4. The van der Waals surface area contributed by atoms with Gasteiger partial charge in [-0.3, -0.25) is 5.10 Å². The fourth-order valence-electron chi connectivity index (χ4n) is 3.90. The minimum atomic E-state index is 0.108. The van der Waals surface area contributed by atoms with E-state index in [0.717, 1.165) is 58.4 Å². The average Bonchev–Trinajstić information content (AvgIpc) is 3.46. The summed E-state index contributed by atoms with van der Waals surface area (Å²) in [6.07, 6.45) is 7.52. The van der Waals surface area contributed by atoms with E-state index < -0.39 is 0 Å². The molecule has 1 aliphatic rings. The number of thiazole rings is 2. The molecular weight excluding hydrogens is 418 g/mol. The Morgan fingerprint density at radius 1 is 1.17 bits per heavy atom. The van der Waals surface area contributed by atoms with Gasteiger partial charge < -0.3 is 14.9 Å². The van der Waals surface area contributed by atoms with Crippen LogP contribution in [0.25, 0.3) is 31.5 Å². The average molecular weight is 442 g/mol. The molecule has 1 fully saturated rings. The molecule has 0 amide bonds. The van der Waals surface area contributed by atoms with Crippen LogP contribution in [0.1, 0.15) is 19.8 Å². The molecule has 0 saturated carbocycles. The summed E-state index contributed by atoms with van der Waals surface area (Å²) >= 11 is 3.10.